The average Bonchev–Trinajstić information content (AvgIpc) is 3.24. The molecule has 1 aromatic heterocycles. The van der Waals surface area contributed by atoms with Crippen LogP contribution in [0, 0.1) is 0 Å². The van der Waals surface area contributed by atoms with Gasteiger partial charge in [0.25, 0.3) is 10.0 Å². The summed E-state index contributed by atoms with van der Waals surface area (Å²) in [5, 5.41) is 4.81. The minimum Gasteiger partial charge on any atom is -0.493 e. The van der Waals surface area contributed by atoms with E-state index in [2.05, 4.69) is 5.32 Å². The number of carbonyl (C=O) groups excluding carboxylic acids is 1. The largest absolute Gasteiger partial charge is 0.493 e. The Morgan fingerprint density at radius 1 is 1.15 bits per heavy atom. The maximum absolute atomic E-state index is 13.0. The summed E-state index contributed by atoms with van der Waals surface area (Å²) in [4.78, 5) is 13.0. The molecular formula is C19H22N2O4S2. The Hall–Kier alpha value is -1.90. The molecule has 0 bridgehead atoms. The topological polar surface area (TPSA) is 75.7 Å². The minimum absolute atomic E-state index is 0.157. The number of nitrogens with zero attached hydrogens (tertiary/aromatic N) is 1. The monoisotopic (exact) mass is 406 g/mol. The molecule has 1 amide bonds. The van der Waals surface area contributed by atoms with Crippen LogP contribution < -0.4 is 10.1 Å². The molecular weight excluding hydrogens is 384 g/mol. The molecule has 0 spiro atoms. The molecule has 2 aromatic rings. The van der Waals surface area contributed by atoms with Crippen molar-refractivity contribution in [2.45, 2.75) is 42.0 Å². The number of fused-ring (bicyclic) bond motifs is 1. The number of hydrogen-bond donors (Lipinski definition) is 1. The number of thiophene rings is 1. The Kier molecular flexibility index (Phi) is 5.21. The van der Waals surface area contributed by atoms with E-state index in [1.54, 1.807) is 17.5 Å². The van der Waals surface area contributed by atoms with Crippen molar-refractivity contribution < 1.29 is 17.9 Å². The van der Waals surface area contributed by atoms with Gasteiger partial charge in [-0.2, -0.15) is 4.31 Å². The van der Waals surface area contributed by atoms with Crippen molar-refractivity contribution in [3.8, 4) is 5.75 Å². The highest BCUT2D eigenvalue weighted by Crippen LogP contribution is 2.33. The van der Waals surface area contributed by atoms with Crippen LogP contribution in [0.5, 0.6) is 5.75 Å². The van der Waals surface area contributed by atoms with Gasteiger partial charge in [-0.1, -0.05) is 30.7 Å². The Labute approximate surface area is 163 Å². The third kappa shape index (κ3) is 3.61. The number of hydrogen-bond acceptors (Lipinski definition) is 5. The van der Waals surface area contributed by atoms with Crippen LogP contribution in [0.25, 0.3) is 0 Å². The predicted octanol–water partition coefficient (Wildman–Crippen LogP) is 2.93. The highest BCUT2D eigenvalue weighted by Gasteiger charge is 2.39. The molecule has 27 heavy (non-hydrogen) atoms. The number of benzene rings is 1. The van der Waals surface area contributed by atoms with E-state index < -0.39 is 16.1 Å². The number of carbonyl (C=O) groups is 1. The highest BCUT2D eigenvalue weighted by molar-refractivity contribution is 7.91. The molecule has 1 aromatic carbocycles. The van der Waals surface area contributed by atoms with Crippen molar-refractivity contribution in [3.05, 3.63) is 47.3 Å². The van der Waals surface area contributed by atoms with Gasteiger partial charge < -0.3 is 10.1 Å². The van der Waals surface area contributed by atoms with Crippen LogP contribution in [0.2, 0.25) is 0 Å². The number of nitrogens with one attached hydrogen (secondary N) is 1. The van der Waals surface area contributed by atoms with Crippen molar-refractivity contribution >= 4 is 27.3 Å². The van der Waals surface area contributed by atoms with Gasteiger partial charge in [-0.05, 0) is 30.4 Å². The number of rotatable bonds is 4. The summed E-state index contributed by atoms with van der Waals surface area (Å²) in [6.45, 7) is 0.909. The first-order chi connectivity index (χ1) is 13.1. The first-order valence-corrected chi connectivity index (χ1v) is 11.5. The fraction of sp³-hybridized carbons (Fsp3) is 0.421. The Morgan fingerprint density at radius 2 is 2.00 bits per heavy atom. The summed E-state index contributed by atoms with van der Waals surface area (Å²) >= 11 is 1.19. The average molecular weight is 407 g/mol. The molecule has 2 unspecified atom stereocenters. The van der Waals surface area contributed by atoms with Gasteiger partial charge in [0.2, 0.25) is 5.91 Å². The molecule has 1 saturated heterocycles. The zero-order chi connectivity index (χ0) is 18.9. The fourth-order valence-corrected chi connectivity index (χ4v) is 6.52. The van der Waals surface area contributed by atoms with Gasteiger partial charge >= 0.3 is 0 Å². The van der Waals surface area contributed by atoms with Gasteiger partial charge in [0.1, 0.15) is 16.0 Å². The van der Waals surface area contributed by atoms with Gasteiger partial charge in [0.05, 0.1) is 12.6 Å². The van der Waals surface area contributed by atoms with Crippen molar-refractivity contribution in [1.29, 1.82) is 0 Å². The van der Waals surface area contributed by atoms with E-state index in [9.17, 15) is 13.2 Å². The van der Waals surface area contributed by atoms with Gasteiger partial charge in [-0.3, -0.25) is 4.79 Å². The van der Waals surface area contributed by atoms with Crippen LogP contribution in [0.4, 0.5) is 0 Å². The molecule has 2 aliphatic rings. The number of para-hydroxylation sites is 1. The van der Waals surface area contributed by atoms with Crippen LogP contribution in [0.3, 0.4) is 0 Å². The van der Waals surface area contributed by atoms with Gasteiger partial charge in [0.15, 0.2) is 0 Å². The third-order valence-electron chi connectivity index (χ3n) is 5.09. The first kappa shape index (κ1) is 18.5. The van der Waals surface area contributed by atoms with Crippen molar-refractivity contribution in [2.75, 3.05) is 13.2 Å². The Bertz CT molecular complexity index is 912. The van der Waals surface area contributed by atoms with Crippen LogP contribution in [0.1, 0.15) is 37.3 Å². The van der Waals surface area contributed by atoms with Crippen molar-refractivity contribution in [1.82, 2.24) is 9.62 Å². The summed E-state index contributed by atoms with van der Waals surface area (Å²) in [6.07, 6.45) is 2.84. The van der Waals surface area contributed by atoms with E-state index in [-0.39, 0.29) is 11.9 Å². The standard InChI is InChI=1S/C19H22N2O4S2/c22-19(20-15-10-12-25-17-8-2-1-6-14(15)17)16-7-3-4-11-21(16)27(23,24)18-9-5-13-26-18/h1-2,5-6,8-9,13,15-16H,3-4,7,10-12H2,(H,20,22). The molecule has 0 saturated carbocycles. The third-order valence-corrected chi connectivity index (χ3v) is 8.37. The second-order valence-electron chi connectivity index (χ2n) is 6.80. The molecule has 2 atom stereocenters. The zero-order valence-electron chi connectivity index (χ0n) is 14.8. The SMILES string of the molecule is O=C(NC1CCOc2ccccc21)C1CCCCN1S(=O)(=O)c1cccs1. The number of piperidine rings is 1. The molecule has 1 N–H and O–H groups in total. The zero-order valence-corrected chi connectivity index (χ0v) is 16.5. The molecule has 1 fully saturated rings. The maximum atomic E-state index is 13.0. The van der Waals surface area contributed by atoms with E-state index in [1.165, 1.54) is 15.6 Å². The molecule has 8 heteroatoms. The molecule has 4 rings (SSSR count). The van der Waals surface area contributed by atoms with E-state index in [0.717, 1.165) is 24.2 Å². The minimum atomic E-state index is -3.65. The summed E-state index contributed by atoms with van der Waals surface area (Å²) < 4.78 is 33.3. The molecule has 6 nitrogen and oxygen atoms in total. The number of sulfonamides is 1. The smallest absolute Gasteiger partial charge is 0.253 e. The van der Waals surface area contributed by atoms with E-state index >= 15 is 0 Å². The lowest BCUT2D eigenvalue weighted by atomic mass is 9.99. The normalized spacial score (nSPS) is 23.3. The van der Waals surface area contributed by atoms with E-state index in [1.807, 2.05) is 24.3 Å². The van der Waals surface area contributed by atoms with Crippen LogP contribution in [0.15, 0.2) is 46.0 Å². The molecule has 0 aliphatic carbocycles. The fourth-order valence-electron chi connectivity index (χ4n) is 3.74. The van der Waals surface area contributed by atoms with Crippen LogP contribution >= 0.6 is 11.3 Å². The summed E-state index contributed by atoms with van der Waals surface area (Å²) in [5.74, 6) is 0.553. The number of ether oxygens (including phenoxy) is 1. The van der Waals surface area contributed by atoms with Gasteiger partial charge in [-0.15, -0.1) is 11.3 Å². The quantitative estimate of drug-likeness (QED) is 0.847. The summed E-state index contributed by atoms with van der Waals surface area (Å²) in [6, 6.07) is 10.1. The second kappa shape index (κ2) is 7.61. The number of amides is 1. The van der Waals surface area contributed by atoms with Crippen molar-refractivity contribution in [2.24, 2.45) is 0 Å². The highest BCUT2D eigenvalue weighted by atomic mass is 32.2. The van der Waals surface area contributed by atoms with E-state index in [4.69, 9.17) is 4.74 Å². The van der Waals surface area contributed by atoms with E-state index in [0.29, 0.717) is 30.2 Å². The molecule has 0 radical (unpaired) electrons. The van der Waals surface area contributed by atoms with Crippen molar-refractivity contribution in [3.63, 3.8) is 0 Å². The van der Waals surface area contributed by atoms with Crippen LogP contribution in [-0.4, -0.2) is 37.8 Å². The summed E-state index contributed by atoms with van der Waals surface area (Å²) in [5.41, 5.74) is 0.945. The van der Waals surface area contributed by atoms with Crippen LogP contribution in [-0.2, 0) is 14.8 Å². The Morgan fingerprint density at radius 3 is 2.81 bits per heavy atom. The molecule has 144 valence electrons. The molecule has 3 heterocycles. The second-order valence-corrected chi connectivity index (χ2v) is 9.86. The lowest BCUT2D eigenvalue weighted by Crippen LogP contribution is -2.52. The lowest BCUT2D eigenvalue weighted by molar-refractivity contribution is -0.126. The maximum Gasteiger partial charge on any atom is 0.253 e. The lowest BCUT2D eigenvalue weighted by Gasteiger charge is -2.35. The Balaban J connectivity index is 1.56. The predicted molar refractivity (Wildman–Crippen MR) is 103 cm³/mol. The molecule has 2 aliphatic heterocycles. The van der Waals surface area contributed by atoms with Gasteiger partial charge in [-0.25, -0.2) is 8.42 Å². The summed E-state index contributed by atoms with van der Waals surface area (Å²) in [7, 11) is -3.65. The van der Waals surface area contributed by atoms with Gasteiger partial charge in [0, 0.05) is 18.5 Å². The first-order valence-electron chi connectivity index (χ1n) is 9.15.